The highest BCUT2D eigenvalue weighted by Gasteiger charge is 2.26. The van der Waals surface area contributed by atoms with Gasteiger partial charge in [-0.05, 0) is 19.1 Å². The molecule has 0 radical (unpaired) electrons. The summed E-state index contributed by atoms with van der Waals surface area (Å²) in [6.45, 7) is 1.39. The lowest BCUT2D eigenvalue weighted by molar-refractivity contribution is -0.136. The molecule has 1 aromatic rings. The van der Waals surface area contributed by atoms with Crippen LogP contribution in [0.4, 0.5) is 13.2 Å². The highest BCUT2D eigenvalue weighted by molar-refractivity contribution is 5.09. The van der Waals surface area contributed by atoms with Crippen molar-refractivity contribution in [3.63, 3.8) is 0 Å². The molecule has 0 bridgehead atoms. The Morgan fingerprint density at radius 1 is 1.50 bits per heavy atom. The summed E-state index contributed by atoms with van der Waals surface area (Å²) in [6, 6.07) is 3.24. The zero-order valence-corrected chi connectivity index (χ0v) is 7.75. The molecule has 0 aliphatic rings. The number of rotatable bonds is 3. The number of nitrogens with zero attached hydrogens (tertiary/aromatic N) is 1. The van der Waals surface area contributed by atoms with Gasteiger partial charge in [0.25, 0.3) is 0 Å². The summed E-state index contributed by atoms with van der Waals surface area (Å²) in [6.07, 6.45) is -4.23. The predicted octanol–water partition coefficient (Wildman–Crippen LogP) is 2.49. The maximum atomic E-state index is 11.9. The Bertz CT molecular complexity index is 290. The van der Waals surface area contributed by atoms with Crippen LogP contribution in [-0.2, 0) is 6.54 Å². The third-order valence-corrected chi connectivity index (χ3v) is 1.93. The fourth-order valence-corrected chi connectivity index (χ4v) is 1.26. The maximum Gasteiger partial charge on any atom is 0.390 e. The van der Waals surface area contributed by atoms with Crippen molar-refractivity contribution in [2.24, 2.45) is 0 Å². The molecule has 0 aromatic carbocycles. The summed E-state index contributed by atoms with van der Waals surface area (Å²) in [5.74, 6) is 0. The maximum absolute atomic E-state index is 11.9. The van der Waals surface area contributed by atoms with E-state index in [1.807, 2.05) is 0 Å². The van der Waals surface area contributed by atoms with Gasteiger partial charge in [0.1, 0.15) is 0 Å². The Morgan fingerprint density at radius 3 is 2.64 bits per heavy atom. The summed E-state index contributed by atoms with van der Waals surface area (Å²) < 4.78 is 37.1. The second kappa shape index (κ2) is 4.04. The van der Waals surface area contributed by atoms with Crippen LogP contribution >= 0.6 is 0 Å². The Kier molecular flexibility index (Phi) is 3.21. The summed E-state index contributed by atoms with van der Waals surface area (Å²) in [7, 11) is 0. The minimum Gasteiger partial charge on any atom is -0.387 e. The minimum absolute atomic E-state index is 0.142. The molecule has 14 heavy (non-hydrogen) atoms. The minimum atomic E-state index is -4.15. The van der Waals surface area contributed by atoms with Crippen LogP contribution in [0.25, 0.3) is 0 Å². The molecule has 0 fully saturated rings. The van der Waals surface area contributed by atoms with Gasteiger partial charge in [-0.25, -0.2) is 0 Å². The second-order valence-electron chi connectivity index (χ2n) is 3.17. The van der Waals surface area contributed by atoms with Crippen LogP contribution in [0.2, 0.25) is 0 Å². The van der Waals surface area contributed by atoms with Crippen LogP contribution in [0.3, 0.4) is 0 Å². The zero-order chi connectivity index (χ0) is 10.8. The van der Waals surface area contributed by atoms with Crippen molar-refractivity contribution in [3.05, 3.63) is 24.0 Å². The molecule has 0 aliphatic heterocycles. The highest BCUT2D eigenvalue weighted by Crippen LogP contribution is 2.22. The lowest BCUT2D eigenvalue weighted by Gasteiger charge is -2.12. The number of aliphatic hydroxyl groups excluding tert-OH is 1. The van der Waals surface area contributed by atoms with Gasteiger partial charge in [-0.3, -0.25) is 0 Å². The van der Waals surface area contributed by atoms with E-state index in [0.29, 0.717) is 5.69 Å². The van der Waals surface area contributed by atoms with Crippen molar-refractivity contribution in [2.75, 3.05) is 0 Å². The van der Waals surface area contributed by atoms with Crippen LogP contribution in [0.5, 0.6) is 0 Å². The Morgan fingerprint density at radius 2 is 2.14 bits per heavy atom. The average molecular weight is 207 g/mol. The molecular weight excluding hydrogens is 195 g/mol. The zero-order valence-electron chi connectivity index (χ0n) is 7.75. The molecule has 1 aromatic heterocycles. The average Bonchev–Trinajstić information content (AvgIpc) is 2.46. The first-order chi connectivity index (χ1) is 6.40. The van der Waals surface area contributed by atoms with Crippen molar-refractivity contribution in [1.29, 1.82) is 0 Å². The first-order valence-electron chi connectivity index (χ1n) is 4.30. The van der Waals surface area contributed by atoms with E-state index in [1.54, 1.807) is 12.1 Å². The molecule has 1 rings (SSSR count). The number of aliphatic hydroxyl groups is 1. The SMILES string of the molecule is CC(O)c1cccn1CCC(F)(F)F. The number of aromatic nitrogens is 1. The summed E-state index contributed by atoms with van der Waals surface area (Å²) in [5.41, 5.74) is 0.509. The van der Waals surface area contributed by atoms with Gasteiger partial charge in [0.05, 0.1) is 12.5 Å². The number of halogens is 3. The molecule has 5 heteroatoms. The predicted molar refractivity (Wildman–Crippen MR) is 45.7 cm³/mol. The summed E-state index contributed by atoms with van der Waals surface area (Å²) in [5, 5.41) is 9.22. The lowest BCUT2D eigenvalue weighted by atomic mass is 10.3. The molecule has 0 amide bonds. The Labute approximate surface area is 80.0 Å². The number of hydrogen-bond donors (Lipinski definition) is 1. The van der Waals surface area contributed by atoms with Crippen molar-refractivity contribution in [2.45, 2.75) is 32.2 Å². The van der Waals surface area contributed by atoms with Crippen LogP contribution in [0.15, 0.2) is 18.3 Å². The molecule has 1 N–H and O–H groups in total. The number of alkyl halides is 3. The highest BCUT2D eigenvalue weighted by atomic mass is 19.4. The van der Waals surface area contributed by atoms with E-state index in [9.17, 15) is 18.3 Å². The van der Waals surface area contributed by atoms with E-state index in [1.165, 1.54) is 17.7 Å². The Hall–Kier alpha value is -0.970. The fourth-order valence-electron chi connectivity index (χ4n) is 1.26. The monoisotopic (exact) mass is 207 g/mol. The summed E-state index contributed by atoms with van der Waals surface area (Å²) >= 11 is 0. The van der Waals surface area contributed by atoms with Gasteiger partial charge in [0, 0.05) is 18.4 Å². The number of hydrogen-bond acceptors (Lipinski definition) is 1. The standard InChI is InChI=1S/C9H12F3NO/c1-7(14)8-3-2-5-13(8)6-4-9(10,11)12/h2-3,5,7,14H,4,6H2,1H3. The van der Waals surface area contributed by atoms with Gasteiger partial charge in [0.15, 0.2) is 0 Å². The van der Waals surface area contributed by atoms with E-state index in [0.717, 1.165) is 0 Å². The third-order valence-electron chi connectivity index (χ3n) is 1.93. The van der Waals surface area contributed by atoms with Crippen molar-refractivity contribution in [1.82, 2.24) is 4.57 Å². The smallest absolute Gasteiger partial charge is 0.387 e. The second-order valence-corrected chi connectivity index (χ2v) is 3.17. The van der Waals surface area contributed by atoms with E-state index < -0.39 is 18.7 Å². The Balaban J connectivity index is 2.63. The van der Waals surface area contributed by atoms with E-state index in [2.05, 4.69) is 0 Å². The van der Waals surface area contributed by atoms with Crippen LogP contribution < -0.4 is 0 Å². The van der Waals surface area contributed by atoms with Gasteiger partial charge < -0.3 is 9.67 Å². The van der Waals surface area contributed by atoms with E-state index >= 15 is 0 Å². The van der Waals surface area contributed by atoms with Crippen LogP contribution in [-0.4, -0.2) is 15.8 Å². The lowest BCUT2D eigenvalue weighted by Crippen LogP contribution is -2.13. The van der Waals surface area contributed by atoms with Gasteiger partial charge >= 0.3 is 6.18 Å². The largest absolute Gasteiger partial charge is 0.390 e. The topological polar surface area (TPSA) is 25.2 Å². The molecule has 0 saturated heterocycles. The van der Waals surface area contributed by atoms with Crippen molar-refractivity contribution >= 4 is 0 Å². The molecule has 1 heterocycles. The molecule has 0 aliphatic carbocycles. The fraction of sp³-hybridized carbons (Fsp3) is 0.556. The molecule has 0 spiro atoms. The number of aryl methyl sites for hydroxylation is 1. The summed E-state index contributed by atoms with van der Waals surface area (Å²) in [4.78, 5) is 0. The van der Waals surface area contributed by atoms with Gasteiger partial charge in [-0.2, -0.15) is 13.2 Å². The van der Waals surface area contributed by atoms with Crippen molar-refractivity contribution < 1.29 is 18.3 Å². The molecule has 0 saturated carbocycles. The molecular formula is C9H12F3NO. The van der Waals surface area contributed by atoms with Gasteiger partial charge in [-0.15, -0.1) is 0 Å². The van der Waals surface area contributed by atoms with E-state index in [4.69, 9.17) is 0 Å². The molecule has 1 atom stereocenters. The first-order valence-corrected chi connectivity index (χ1v) is 4.30. The first kappa shape index (κ1) is 11.1. The van der Waals surface area contributed by atoms with Crippen LogP contribution in [0.1, 0.15) is 25.1 Å². The normalized spacial score (nSPS) is 14.4. The van der Waals surface area contributed by atoms with Gasteiger partial charge in [0.2, 0.25) is 0 Å². The molecule has 2 nitrogen and oxygen atoms in total. The quantitative estimate of drug-likeness (QED) is 0.809. The van der Waals surface area contributed by atoms with Gasteiger partial charge in [-0.1, -0.05) is 0 Å². The van der Waals surface area contributed by atoms with E-state index in [-0.39, 0.29) is 6.54 Å². The third kappa shape index (κ3) is 3.06. The van der Waals surface area contributed by atoms with Crippen molar-refractivity contribution in [3.8, 4) is 0 Å². The molecule has 1 unspecified atom stereocenters. The molecule has 80 valence electrons. The van der Waals surface area contributed by atoms with Crippen LogP contribution in [0, 0.1) is 0 Å².